The first kappa shape index (κ1) is 17.1. The SMILES string of the molecule is CO[C@@H](C(=O)O)[C@H](O)[C@@H](O)[C@H](O)C=CC(C)(C)C. The van der Waals surface area contributed by atoms with Crippen LogP contribution in [0.4, 0.5) is 0 Å². The number of hydrogen-bond donors (Lipinski definition) is 4. The Balaban J connectivity index is 4.68. The van der Waals surface area contributed by atoms with Gasteiger partial charge in [0.25, 0.3) is 0 Å². The van der Waals surface area contributed by atoms with E-state index in [1.54, 1.807) is 6.08 Å². The maximum Gasteiger partial charge on any atom is 0.335 e. The molecular weight excluding hydrogens is 240 g/mol. The van der Waals surface area contributed by atoms with Gasteiger partial charge in [-0.1, -0.05) is 32.9 Å². The van der Waals surface area contributed by atoms with Gasteiger partial charge >= 0.3 is 5.97 Å². The van der Waals surface area contributed by atoms with Crippen molar-refractivity contribution in [1.82, 2.24) is 0 Å². The third kappa shape index (κ3) is 5.59. The molecule has 6 nitrogen and oxygen atoms in total. The van der Waals surface area contributed by atoms with Crippen LogP contribution in [0.15, 0.2) is 12.2 Å². The zero-order chi connectivity index (χ0) is 14.5. The molecule has 0 aromatic rings. The number of allylic oxidation sites excluding steroid dienone is 1. The van der Waals surface area contributed by atoms with Gasteiger partial charge in [-0.3, -0.25) is 0 Å². The van der Waals surface area contributed by atoms with Crippen molar-refractivity contribution >= 4 is 5.97 Å². The van der Waals surface area contributed by atoms with E-state index in [1.165, 1.54) is 6.08 Å². The lowest BCUT2D eigenvalue weighted by atomic mass is 9.94. The third-order valence-corrected chi connectivity index (χ3v) is 2.30. The fourth-order valence-electron chi connectivity index (χ4n) is 1.27. The second-order valence-electron chi connectivity index (χ2n) is 5.19. The van der Waals surface area contributed by atoms with Crippen LogP contribution in [0.1, 0.15) is 20.8 Å². The number of carboxylic acid groups (broad SMARTS) is 1. The van der Waals surface area contributed by atoms with Gasteiger partial charge in [0, 0.05) is 7.11 Å². The van der Waals surface area contributed by atoms with E-state index in [2.05, 4.69) is 4.74 Å². The second kappa shape index (κ2) is 6.84. The maximum absolute atomic E-state index is 10.7. The first-order chi connectivity index (χ1) is 8.10. The van der Waals surface area contributed by atoms with Gasteiger partial charge in [-0.15, -0.1) is 0 Å². The Bertz CT molecular complexity index is 293. The zero-order valence-electron chi connectivity index (χ0n) is 11.1. The number of carbonyl (C=O) groups is 1. The molecule has 0 saturated heterocycles. The van der Waals surface area contributed by atoms with Crippen molar-refractivity contribution < 1.29 is 30.0 Å². The third-order valence-electron chi connectivity index (χ3n) is 2.30. The maximum atomic E-state index is 10.7. The molecule has 0 aliphatic heterocycles. The number of rotatable bonds is 6. The number of aliphatic hydroxyl groups is 3. The van der Waals surface area contributed by atoms with Gasteiger partial charge in [-0.05, 0) is 5.41 Å². The average Bonchev–Trinajstić information content (AvgIpc) is 2.24. The molecule has 0 aliphatic carbocycles. The molecule has 106 valence electrons. The fraction of sp³-hybridized carbons (Fsp3) is 0.750. The molecule has 0 rings (SSSR count). The molecule has 0 saturated carbocycles. The molecule has 0 radical (unpaired) electrons. The van der Waals surface area contributed by atoms with Crippen LogP contribution in [-0.2, 0) is 9.53 Å². The summed E-state index contributed by atoms with van der Waals surface area (Å²) in [5, 5.41) is 37.6. The highest BCUT2D eigenvalue weighted by Crippen LogP contribution is 2.16. The van der Waals surface area contributed by atoms with Crippen molar-refractivity contribution in [3.63, 3.8) is 0 Å². The Morgan fingerprint density at radius 3 is 2.00 bits per heavy atom. The molecule has 0 spiro atoms. The Morgan fingerprint density at radius 2 is 1.67 bits per heavy atom. The van der Waals surface area contributed by atoms with Crippen LogP contribution in [0.5, 0.6) is 0 Å². The molecule has 0 bridgehead atoms. The Hall–Kier alpha value is -0.950. The molecule has 6 heteroatoms. The van der Waals surface area contributed by atoms with Gasteiger partial charge in [-0.25, -0.2) is 4.79 Å². The highest BCUT2D eigenvalue weighted by atomic mass is 16.5. The highest BCUT2D eigenvalue weighted by Gasteiger charge is 2.35. The first-order valence-corrected chi connectivity index (χ1v) is 5.59. The molecule has 4 N–H and O–H groups in total. The summed E-state index contributed by atoms with van der Waals surface area (Å²) in [6, 6.07) is 0. The smallest absolute Gasteiger partial charge is 0.335 e. The number of aliphatic hydroxyl groups excluding tert-OH is 3. The van der Waals surface area contributed by atoms with Crippen LogP contribution in [0.2, 0.25) is 0 Å². The second-order valence-corrected chi connectivity index (χ2v) is 5.19. The van der Waals surface area contributed by atoms with Crippen LogP contribution < -0.4 is 0 Å². The number of methoxy groups -OCH3 is 1. The summed E-state index contributed by atoms with van der Waals surface area (Å²) < 4.78 is 4.55. The molecule has 0 aromatic heterocycles. The lowest BCUT2D eigenvalue weighted by molar-refractivity contribution is -0.165. The van der Waals surface area contributed by atoms with E-state index in [0.29, 0.717) is 0 Å². The topological polar surface area (TPSA) is 107 Å². The molecule has 18 heavy (non-hydrogen) atoms. The summed E-state index contributed by atoms with van der Waals surface area (Å²) in [6.45, 7) is 5.69. The monoisotopic (exact) mass is 262 g/mol. The van der Waals surface area contributed by atoms with E-state index in [4.69, 9.17) is 5.11 Å². The Morgan fingerprint density at radius 1 is 1.17 bits per heavy atom. The minimum atomic E-state index is -1.72. The number of carboxylic acids is 1. The Kier molecular flexibility index (Phi) is 6.48. The predicted octanol–water partition coefficient (Wildman–Crippen LogP) is -0.229. The van der Waals surface area contributed by atoms with E-state index < -0.39 is 30.4 Å². The van der Waals surface area contributed by atoms with Crippen molar-refractivity contribution in [2.24, 2.45) is 5.41 Å². The molecule has 0 aromatic carbocycles. The lowest BCUT2D eigenvalue weighted by Crippen LogP contribution is -2.48. The quantitative estimate of drug-likeness (QED) is 0.493. The number of ether oxygens (including phenoxy) is 1. The van der Waals surface area contributed by atoms with Crippen LogP contribution in [-0.4, -0.2) is 57.9 Å². The van der Waals surface area contributed by atoms with Crippen LogP contribution in [0.25, 0.3) is 0 Å². The van der Waals surface area contributed by atoms with Gasteiger partial charge in [0.2, 0.25) is 0 Å². The first-order valence-electron chi connectivity index (χ1n) is 5.59. The van der Waals surface area contributed by atoms with Crippen LogP contribution in [0, 0.1) is 5.41 Å². The van der Waals surface area contributed by atoms with E-state index in [9.17, 15) is 20.1 Å². The summed E-state index contributed by atoms with van der Waals surface area (Å²) in [5.41, 5.74) is -0.195. The van der Waals surface area contributed by atoms with Gasteiger partial charge in [0.15, 0.2) is 6.10 Å². The summed E-state index contributed by atoms with van der Waals surface area (Å²) in [6.07, 6.45) is -3.32. The summed E-state index contributed by atoms with van der Waals surface area (Å²) >= 11 is 0. The van der Waals surface area contributed by atoms with Gasteiger partial charge < -0.3 is 25.2 Å². The molecule has 0 amide bonds. The van der Waals surface area contributed by atoms with Crippen molar-refractivity contribution in [3.8, 4) is 0 Å². The average molecular weight is 262 g/mol. The predicted molar refractivity (Wildman–Crippen MR) is 65.0 cm³/mol. The number of hydrogen-bond acceptors (Lipinski definition) is 5. The minimum absolute atomic E-state index is 0.195. The van der Waals surface area contributed by atoms with Gasteiger partial charge in [0.05, 0.1) is 0 Å². The standard InChI is InChI=1S/C12H22O6/c1-12(2,3)6-5-7(13)8(14)9(15)10(18-4)11(16)17/h5-10,13-15H,1-4H3,(H,16,17)/t7-,8+,9-,10-/m1/s1. The molecule has 0 heterocycles. The van der Waals surface area contributed by atoms with E-state index >= 15 is 0 Å². The van der Waals surface area contributed by atoms with Crippen molar-refractivity contribution in [2.75, 3.05) is 7.11 Å². The molecule has 4 atom stereocenters. The molecule has 0 unspecified atom stereocenters. The normalized spacial score (nSPS) is 19.5. The Labute approximate surface area is 107 Å². The number of aliphatic carboxylic acids is 1. The van der Waals surface area contributed by atoms with E-state index in [0.717, 1.165) is 7.11 Å². The van der Waals surface area contributed by atoms with Crippen LogP contribution in [0.3, 0.4) is 0 Å². The van der Waals surface area contributed by atoms with Gasteiger partial charge in [0.1, 0.15) is 18.3 Å². The van der Waals surface area contributed by atoms with E-state index in [1.807, 2.05) is 20.8 Å². The van der Waals surface area contributed by atoms with Crippen molar-refractivity contribution in [2.45, 2.75) is 45.2 Å². The zero-order valence-corrected chi connectivity index (χ0v) is 11.1. The summed E-state index contributed by atoms with van der Waals surface area (Å²) in [7, 11) is 1.10. The highest BCUT2D eigenvalue weighted by molar-refractivity contribution is 5.73. The summed E-state index contributed by atoms with van der Waals surface area (Å²) in [4.78, 5) is 10.7. The fourth-order valence-corrected chi connectivity index (χ4v) is 1.27. The molecule has 0 aliphatic rings. The summed E-state index contributed by atoms with van der Waals surface area (Å²) in [5.74, 6) is -1.41. The van der Waals surface area contributed by atoms with Crippen molar-refractivity contribution in [3.05, 3.63) is 12.2 Å². The molecule has 0 fully saturated rings. The lowest BCUT2D eigenvalue weighted by Gasteiger charge is -2.25. The minimum Gasteiger partial charge on any atom is -0.479 e. The van der Waals surface area contributed by atoms with Crippen molar-refractivity contribution in [1.29, 1.82) is 0 Å². The largest absolute Gasteiger partial charge is 0.479 e. The van der Waals surface area contributed by atoms with E-state index in [-0.39, 0.29) is 5.41 Å². The molecular formula is C12H22O6. The van der Waals surface area contributed by atoms with Gasteiger partial charge in [-0.2, -0.15) is 0 Å². The van der Waals surface area contributed by atoms with Crippen LogP contribution >= 0.6 is 0 Å².